The molecule has 0 bridgehead atoms. The summed E-state index contributed by atoms with van der Waals surface area (Å²) in [6.07, 6.45) is 3.32. The lowest BCUT2D eigenvalue weighted by atomic mass is 10.2. The van der Waals surface area contributed by atoms with Crippen molar-refractivity contribution < 1.29 is 0 Å². The molecule has 0 aromatic carbocycles. The van der Waals surface area contributed by atoms with E-state index in [9.17, 15) is 0 Å². The molecule has 1 aliphatic carbocycles. The van der Waals surface area contributed by atoms with Crippen molar-refractivity contribution in [1.29, 1.82) is 5.26 Å². The normalized spacial score (nSPS) is 17.3. The number of nitrogens with one attached hydrogen (secondary N) is 1. The van der Waals surface area contributed by atoms with Gasteiger partial charge < -0.3 is 0 Å². The summed E-state index contributed by atoms with van der Waals surface area (Å²) in [6, 6.07) is 2.89. The molecule has 0 aliphatic heterocycles. The minimum atomic E-state index is -0.00192. The van der Waals surface area contributed by atoms with Crippen LogP contribution in [0.5, 0.6) is 0 Å². The topological polar surface area (TPSA) is 61.6 Å². The summed E-state index contributed by atoms with van der Waals surface area (Å²) >= 11 is 3.22. The third-order valence-corrected chi connectivity index (χ3v) is 4.04. The van der Waals surface area contributed by atoms with Gasteiger partial charge in [-0.15, -0.1) is 10.2 Å². The molecule has 6 heteroatoms. The van der Waals surface area contributed by atoms with Crippen LogP contribution in [0, 0.1) is 11.3 Å². The largest absolute Gasteiger partial charge is 0.299 e. The molecule has 0 saturated heterocycles. The van der Waals surface area contributed by atoms with E-state index in [0.717, 1.165) is 16.5 Å². The Morgan fingerprint density at radius 3 is 3.20 bits per heavy atom. The fourth-order valence-electron chi connectivity index (χ4n) is 1.21. The monoisotopic (exact) mass is 240 g/mol. The van der Waals surface area contributed by atoms with Crippen molar-refractivity contribution in [3.05, 3.63) is 5.51 Å². The third kappa shape index (κ3) is 3.78. The van der Waals surface area contributed by atoms with Crippen LogP contribution < -0.4 is 5.32 Å². The SMILES string of the molecule is N#CC(CCSc1nncs1)NC1CC1. The maximum atomic E-state index is 8.91. The second-order valence-electron chi connectivity index (χ2n) is 3.46. The highest BCUT2D eigenvalue weighted by molar-refractivity contribution is 8.00. The molecule has 1 aromatic rings. The first-order valence-corrected chi connectivity index (χ1v) is 6.79. The average Bonchev–Trinajstić information content (AvgIpc) is 2.91. The predicted octanol–water partition coefficient (Wildman–Crippen LogP) is 1.66. The Hall–Kier alpha value is -0.640. The van der Waals surface area contributed by atoms with Gasteiger partial charge in [-0.25, -0.2) is 0 Å². The summed E-state index contributed by atoms with van der Waals surface area (Å²) in [4.78, 5) is 0. The van der Waals surface area contributed by atoms with Crippen molar-refractivity contribution in [3.63, 3.8) is 0 Å². The van der Waals surface area contributed by atoms with Gasteiger partial charge in [0, 0.05) is 11.8 Å². The van der Waals surface area contributed by atoms with Crippen LogP contribution in [0.25, 0.3) is 0 Å². The van der Waals surface area contributed by atoms with Crippen LogP contribution in [-0.2, 0) is 0 Å². The van der Waals surface area contributed by atoms with Crippen LogP contribution in [0.15, 0.2) is 9.85 Å². The Morgan fingerprint density at radius 1 is 1.73 bits per heavy atom. The first kappa shape index (κ1) is 10.9. The highest BCUT2D eigenvalue weighted by Gasteiger charge is 2.24. The smallest absolute Gasteiger partial charge is 0.174 e. The number of hydrogen-bond donors (Lipinski definition) is 1. The van der Waals surface area contributed by atoms with Gasteiger partial charge in [0.1, 0.15) is 5.51 Å². The summed E-state index contributed by atoms with van der Waals surface area (Å²) < 4.78 is 0.984. The molecule has 2 rings (SSSR count). The Balaban J connectivity index is 1.65. The lowest BCUT2D eigenvalue weighted by molar-refractivity contribution is 0.587. The molecule has 4 nitrogen and oxygen atoms in total. The van der Waals surface area contributed by atoms with Gasteiger partial charge in [-0.2, -0.15) is 5.26 Å². The van der Waals surface area contributed by atoms with Gasteiger partial charge >= 0.3 is 0 Å². The molecule has 0 spiro atoms. The number of aromatic nitrogens is 2. The zero-order valence-corrected chi connectivity index (χ0v) is 9.85. The van der Waals surface area contributed by atoms with Gasteiger partial charge in [0.05, 0.1) is 12.1 Å². The van der Waals surface area contributed by atoms with Crippen LogP contribution in [0.1, 0.15) is 19.3 Å². The van der Waals surface area contributed by atoms with E-state index in [4.69, 9.17) is 5.26 Å². The highest BCUT2D eigenvalue weighted by atomic mass is 32.2. The Kier molecular flexibility index (Phi) is 3.94. The first-order valence-electron chi connectivity index (χ1n) is 4.93. The summed E-state index contributed by atoms with van der Waals surface area (Å²) in [5.74, 6) is 0.924. The second-order valence-corrected chi connectivity index (χ2v) is 5.64. The predicted molar refractivity (Wildman–Crippen MR) is 60.8 cm³/mol. The van der Waals surface area contributed by atoms with Crippen LogP contribution in [0.3, 0.4) is 0 Å². The molecule has 0 radical (unpaired) electrons. The zero-order chi connectivity index (χ0) is 10.5. The zero-order valence-electron chi connectivity index (χ0n) is 8.22. The standard InChI is InChI=1S/C9H12N4S2/c10-5-8(12-7-1-2-7)3-4-14-9-13-11-6-15-9/h6-8,12H,1-4H2. The summed E-state index contributed by atoms with van der Waals surface area (Å²) in [5, 5.41) is 19.9. The lowest BCUT2D eigenvalue weighted by Crippen LogP contribution is -2.29. The quantitative estimate of drug-likeness (QED) is 0.766. The minimum absolute atomic E-state index is 0.00192. The Morgan fingerprint density at radius 2 is 2.60 bits per heavy atom. The number of nitrogens with zero attached hydrogens (tertiary/aromatic N) is 3. The van der Waals surface area contributed by atoms with Crippen molar-refractivity contribution in [2.24, 2.45) is 0 Å². The molecule has 1 heterocycles. The minimum Gasteiger partial charge on any atom is -0.299 e. The van der Waals surface area contributed by atoms with E-state index in [1.807, 2.05) is 0 Å². The molecule has 1 aliphatic rings. The summed E-state index contributed by atoms with van der Waals surface area (Å²) in [5.41, 5.74) is 1.73. The van der Waals surface area contributed by atoms with Gasteiger partial charge in [0.15, 0.2) is 4.34 Å². The van der Waals surface area contributed by atoms with E-state index in [1.54, 1.807) is 28.6 Å². The van der Waals surface area contributed by atoms with E-state index in [0.29, 0.717) is 6.04 Å². The van der Waals surface area contributed by atoms with E-state index in [2.05, 4.69) is 21.6 Å². The van der Waals surface area contributed by atoms with E-state index in [1.165, 1.54) is 12.8 Å². The van der Waals surface area contributed by atoms with Crippen LogP contribution in [0.2, 0.25) is 0 Å². The first-order chi connectivity index (χ1) is 7.38. The summed E-state index contributed by atoms with van der Waals surface area (Å²) in [7, 11) is 0. The molecule has 80 valence electrons. The molecule has 1 aromatic heterocycles. The molecule has 1 unspecified atom stereocenters. The lowest BCUT2D eigenvalue weighted by Gasteiger charge is -2.08. The average molecular weight is 240 g/mol. The van der Waals surface area contributed by atoms with Crippen LogP contribution in [-0.4, -0.2) is 28.0 Å². The van der Waals surface area contributed by atoms with Crippen molar-refractivity contribution in [2.75, 3.05) is 5.75 Å². The maximum absolute atomic E-state index is 8.91. The number of nitriles is 1. The molecular formula is C9H12N4S2. The Bertz CT molecular complexity index is 328. The maximum Gasteiger partial charge on any atom is 0.174 e. The molecule has 1 fully saturated rings. The van der Waals surface area contributed by atoms with Gasteiger partial charge in [-0.05, 0) is 19.3 Å². The molecule has 1 atom stereocenters. The molecule has 1 N–H and O–H groups in total. The summed E-state index contributed by atoms with van der Waals surface area (Å²) in [6.45, 7) is 0. The Labute approximate surface area is 97.1 Å². The van der Waals surface area contributed by atoms with Gasteiger partial charge in [0.25, 0.3) is 0 Å². The van der Waals surface area contributed by atoms with Crippen LogP contribution in [0.4, 0.5) is 0 Å². The van der Waals surface area contributed by atoms with E-state index in [-0.39, 0.29) is 6.04 Å². The highest BCUT2D eigenvalue weighted by Crippen LogP contribution is 2.22. The van der Waals surface area contributed by atoms with Crippen molar-refractivity contribution in [1.82, 2.24) is 15.5 Å². The second kappa shape index (κ2) is 5.45. The fraction of sp³-hybridized carbons (Fsp3) is 0.667. The number of thioether (sulfide) groups is 1. The van der Waals surface area contributed by atoms with Crippen molar-refractivity contribution in [2.45, 2.75) is 35.7 Å². The van der Waals surface area contributed by atoms with Gasteiger partial charge in [0.2, 0.25) is 0 Å². The molecule has 15 heavy (non-hydrogen) atoms. The molecular weight excluding hydrogens is 228 g/mol. The van der Waals surface area contributed by atoms with Crippen molar-refractivity contribution in [3.8, 4) is 6.07 Å². The number of hydrogen-bond acceptors (Lipinski definition) is 6. The molecule has 1 saturated carbocycles. The fourth-order valence-corrected chi connectivity index (χ4v) is 2.77. The molecule has 0 amide bonds. The van der Waals surface area contributed by atoms with E-state index < -0.39 is 0 Å². The number of rotatable bonds is 6. The van der Waals surface area contributed by atoms with Crippen molar-refractivity contribution >= 4 is 23.1 Å². The van der Waals surface area contributed by atoms with Gasteiger partial charge in [-0.1, -0.05) is 23.1 Å². The van der Waals surface area contributed by atoms with Crippen LogP contribution >= 0.6 is 23.1 Å². The third-order valence-electron chi connectivity index (χ3n) is 2.14. The van der Waals surface area contributed by atoms with E-state index >= 15 is 0 Å². The van der Waals surface area contributed by atoms with Gasteiger partial charge in [-0.3, -0.25) is 5.32 Å².